The van der Waals surface area contributed by atoms with Gasteiger partial charge in [-0.25, -0.2) is 4.79 Å². The van der Waals surface area contributed by atoms with Crippen LogP contribution in [0.2, 0.25) is 0 Å². The summed E-state index contributed by atoms with van der Waals surface area (Å²) < 4.78 is 9.59. The van der Waals surface area contributed by atoms with Crippen molar-refractivity contribution in [2.24, 2.45) is 0 Å². The molecular formula is C10H19ClO3. The first-order valence-corrected chi connectivity index (χ1v) is 5.61. The highest BCUT2D eigenvalue weighted by Gasteiger charge is 2.11. The molecule has 0 rings (SSSR count). The first-order chi connectivity index (χ1) is 6.70. The van der Waals surface area contributed by atoms with Gasteiger partial charge in [0.1, 0.15) is 0 Å². The Morgan fingerprint density at radius 3 is 2.50 bits per heavy atom. The number of rotatable bonds is 7. The van der Waals surface area contributed by atoms with Crippen LogP contribution in [0.3, 0.4) is 0 Å². The fraction of sp³-hybridized carbons (Fsp3) is 0.900. The molecule has 0 bridgehead atoms. The van der Waals surface area contributed by atoms with Crippen molar-refractivity contribution in [2.75, 3.05) is 6.61 Å². The standard InChI is InChI=1S/C10H19ClO3/c1-3-5-7-9(11)14-10(12)13-8-6-4-2/h9H,3-8H2,1-2H3. The summed E-state index contributed by atoms with van der Waals surface area (Å²) in [7, 11) is 0. The maximum Gasteiger partial charge on any atom is 0.509 e. The molecule has 0 saturated heterocycles. The largest absolute Gasteiger partial charge is 0.509 e. The van der Waals surface area contributed by atoms with Crippen molar-refractivity contribution < 1.29 is 14.3 Å². The van der Waals surface area contributed by atoms with E-state index in [0.29, 0.717) is 13.0 Å². The molecule has 0 aliphatic carbocycles. The minimum absolute atomic E-state index is 0.409. The van der Waals surface area contributed by atoms with Crippen molar-refractivity contribution in [3.63, 3.8) is 0 Å². The Morgan fingerprint density at radius 2 is 1.93 bits per heavy atom. The van der Waals surface area contributed by atoms with E-state index in [1.807, 2.05) is 6.92 Å². The molecule has 0 aromatic heterocycles. The molecule has 0 heterocycles. The van der Waals surface area contributed by atoms with Crippen LogP contribution in [0.15, 0.2) is 0 Å². The Kier molecular flexibility index (Phi) is 8.84. The molecule has 14 heavy (non-hydrogen) atoms. The van der Waals surface area contributed by atoms with Crippen LogP contribution in [0.1, 0.15) is 46.0 Å². The van der Waals surface area contributed by atoms with E-state index in [9.17, 15) is 4.79 Å². The highest BCUT2D eigenvalue weighted by molar-refractivity contribution is 6.20. The summed E-state index contributed by atoms with van der Waals surface area (Å²) in [5.74, 6) is 0. The number of carbonyl (C=O) groups excluding carboxylic acids is 1. The second kappa shape index (κ2) is 9.13. The Bertz CT molecular complexity index is 150. The summed E-state index contributed by atoms with van der Waals surface area (Å²) in [6.45, 7) is 4.50. The lowest BCUT2D eigenvalue weighted by atomic mass is 10.3. The van der Waals surface area contributed by atoms with E-state index in [1.54, 1.807) is 0 Å². The molecular weight excluding hydrogens is 204 g/mol. The number of hydrogen-bond donors (Lipinski definition) is 0. The van der Waals surface area contributed by atoms with Gasteiger partial charge in [0.2, 0.25) is 0 Å². The summed E-state index contributed by atoms with van der Waals surface area (Å²) in [6, 6.07) is 0. The van der Waals surface area contributed by atoms with Gasteiger partial charge >= 0.3 is 6.16 Å². The molecule has 0 amide bonds. The average molecular weight is 223 g/mol. The van der Waals surface area contributed by atoms with Gasteiger partial charge in [-0.1, -0.05) is 38.3 Å². The lowest BCUT2D eigenvalue weighted by Crippen LogP contribution is -2.14. The van der Waals surface area contributed by atoms with Gasteiger partial charge in [0.15, 0.2) is 5.56 Å². The quantitative estimate of drug-likeness (QED) is 0.374. The van der Waals surface area contributed by atoms with E-state index < -0.39 is 11.7 Å². The van der Waals surface area contributed by atoms with Gasteiger partial charge in [0.05, 0.1) is 6.61 Å². The van der Waals surface area contributed by atoms with Crippen LogP contribution in [-0.2, 0) is 9.47 Å². The van der Waals surface area contributed by atoms with Crippen molar-refractivity contribution in [1.29, 1.82) is 0 Å². The lowest BCUT2D eigenvalue weighted by molar-refractivity contribution is 0.0427. The number of unbranched alkanes of at least 4 members (excludes halogenated alkanes) is 2. The topological polar surface area (TPSA) is 35.5 Å². The van der Waals surface area contributed by atoms with Crippen molar-refractivity contribution >= 4 is 17.8 Å². The van der Waals surface area contributed by atoms with E-state index in [1.165, 1.54) is 0 Å². The van der Waals surface area contributed by atoms with Crippen LogP contribution in [-0.4, -0.2) is 18.3 Å². The molecule has 0 radical (unpaired) electrons. The minimum atomic E-state index is -0.658. The normalized spacial score (nSPS) is 12.2. The average Bonchev–Trinajstić information content (AvgIpc) is 2.15. The predicted molar refractivity (Wildman–Crippen MR) is 56.5 cm³/mol. The molecule has 3 nitrogen and oxygen atoms in total. The number of alkyl halides is 1. The summed E-state index contributed by atoms with van der Waals surface area (Å²) in [4.78, 5) is 11.0. The zero-order valence-electron chi connectivity index (χ0n) is 8.92. The van der Waals surface area contributed by atoms with Gasteiger partial charge in [-0.3, -0.25) is 0 Å². The summed E-state index contributed by atoms with van der Waals surface area (Å²) in [5.41, 5.74) is -0.552. The SMILES string of the molecule is CCCCOC(=O)OC(Cl)CCCC. The van der Waals surface area contributed by atoms with Crippen LogP contribution in [0.4, 0.5) is 4.79 Å². The Labute approximate surface area is 90.7 Å². The number of carbonyl (C=O) groups is 1. The zero-order valence-corrected chi connectivity index (χ0v) is 9.68. The number of hydrogen-bond acceptors (Lipinski definition) is 3. The number of halogens is 1. The van der Waals surface area contributed by atoms with Crippen LogP contribution >= 0.6 is 11.6 Å². The molecule has 1 unspecified atom stereocenters. The smallest absolute Gasteiger partial charge is 0.434 e. The van der Waals surface area contributed by atoms with Crippen LogP contribution in [0.5, 0.6) is 0 Å². The maximum absolute atomic E-state index is 11.0. The van der Waals surface area contributed by atoms with Crippen LogP contribution in [0.25, 0.3) is 0 Å². The summed E-state index contributed by atoms with van der Waals surface area (Å²) >= 11 is 5.74. The third kappa shape index (κ3) is 8.17. The van der Waals surface area contributed by atoms with Crippen molar-refractivity contribution in [2.45, 2.75) is 51.5 Å². The highest BCUT2D eigenvalue weighted by atomic mass is 35.5. The van der Waals surface area contributed by atoms with Gasteiger partial charge in [-0.05, 0) is 19.3 Å². The van der Waals surface area contributed by atoms with Crippen molar-refractivity contribution in [3.05, 3.63) is 0 Å². The molecule has 0 aromatic rings. The molecule has 0 spiro atoms. The molecule has 84 valence electrons. The first kappa shape index (κ1) is 13.6. The second-order valence-corrected chi connectivity index (χ2v) is 3.61. The Morgan fingerprint density at radius 1 is 1.29 bits per heavy atom. The molecule has 0 saturated carbocycles. The molecule has 0 aliphatic heterocycles. The third-order valence-electron chi connectivity index (χ3n) is 1.73. The third-order valence-corrected chi connectivity index (χ3v) is 2.03. The van der Waals surface area contributed by atoms with E-state index in [-0.39, 0.29) is 0 Å². The fourth-order valence-electron chi connectivity index (χ4n) is 0.862. The van der Waals surface area contributed by atoms with E-state index in [4.69, 9.17) is 21.1 Å². The second-order valence-electron chi connectivity index (χ2n) is 3.12. The highest BCUT2D eigenvalue weighted by Crippen LogP contribution is 2.09. The van der Waals surface area contributed by atoms with Crippen molar-refractivity contribution in [3.8, 4) is 0 Å². The molecule has 1 atom stereocenters. The van der Waals surface area contributed by atoms with E-state index in [0.717, 1.165) is 25.7 Å². The monoisotopic (exact) mass is 222 g/mol. The van der Waals surface area contributed by atoms with Gasteiger partial charge < -0.3 is 9.47 Å². The van der Waals surface area contributed by atoms with Crippen LogP contribution < -0.4 is 0 Å². The van der Waals surface area contributed by atoms with Gasteiger partial charge in [0, 0.05) is 0 Å². The zero-order chi connectivity index (χ0) is 10.8. The van der Waals surface area contributed by atoms with E-state index >= 15 is 0 Å². The number of ether oxygens (including phenoxy) is 2. The van der Waals surface area contributed by atoms with Gasteiger partial charge in [0.25, 0.3) is 0 Å². The summed E-state index contributed by atoms with van der Waals surface area (Å²) in [5, 5.41) is 0. The van der Waals surface area contributed by atoms with Gasteiger partial charge in [-0.15, -0.1) is 0 Å². The fourth-order valence-corrected chi connectivity index (χ4v) is 1.09. The molecule has 0 fully saturated rings. The van der Waals surface area contributed by atoms with E-state index in [2.05, 4.69) is 6.92 Å². The minimum Gasteiger partial charge on any atom is -0.434 e. The maximum atomic E-state index is 11.0. The first-order valence-electron chi connectivity index (χ1n) is 5.18. The summed E-state index contributed by atoms with van der Waals surface area (Å²) in [6.07, 6.45) is 3.87. The predicted octanol–water partition coefficient (Wildman–Crippen LogP) is 3.69. The Balaban J connectivity index is 3.40. The van der Waals surface area contributed by atoms with Gasteiger partial charge in [-0.2, -0.15) is 0 Å². The Hall–Kier alpha value is -0.440. The molecule has 0 aliphatic rings. The lowest BCUT2D eigenvalue weighted by Gasteiger charge is -2.10. The van der Waals surface area contributed by atoms with Crippen molar-refractivity contribution in [1.82, 2.24) is 0 Å². The van der Waals surface area contributed by atoms with Crippen LogP contribution in [0, 0.1) is 0 Å². The molecule has 4 heteroatoms. The molecule has 0 aromatic carbocycles. The molecule has 0 N–H and O–H groups in total.